The van der Waals surface area contributed by atoms with Crippen molar-refractivity contribution in [1.82, 2.24) is 20.4 Å². The largest absolute Gasteiger partial charge is 0.493 e. The van der Waals surface area contributed by atoms with E-state index in [2.05, 4.69) is 38.6 Å². The van der Waals surface area contributed by atoms with Crippen molar-refractivity contribution in [3.63, 3.8) is 0 Å². The van der Waals surface area contributed by atoms with Gasteiger partial charge < -0.3 is 20.1 Å². The van der Waals surface area contributed by atoms with Crippen LogP contribution < -0.4 is 15.4 Å². The van der Waals surface area contributed by atoms with Crippen LogP contribution in [0.3, 0.4) is 0 Å². The number of morpholine rings is 1. The topological polar surface area (TPSA) is 83.1 Å². The highest BCUT2D eigenvalue weighted by Gasteiger charge is 2.17. The lowest BCUT2D eigenvalue weighted by atomic mass is 10.1. The zero-order valence-electron chi connectivity index (χ0n) is 22.5. The Bertz CT molecular complexity index is 1010. The van der Waals surface area contributed by atoms with Gasteiger partial charge >= 0.3 is 0 Å². The maximum Gasteiger partial charge on any atom is 0.234 e. The van der Waals surface area contributed by atoms with Gasteiger partial charge in [0.15, 0.2) is 0 Å². The molecule has 2 amide bonds. The fraction of sp³-hybridized carbons (Fsp3) is 0.533. The molecule has 0 aliphatic carbocycles. The van der Waals surface area contributed by atoms with Gasteiger partial charge in [-0.2, -0.15) is 0 Å². The van der Waals surface area contributed by atoms with Crippen molar-refractivity contribution in [3.05, 3.63) is 65.2 Å². The quantitative estimate of drug-likeness (QED) is 0.519. The van der Waals surface area contributed by atoms with E-state index in [0.717, 1.165) is 81.0 Å². The average Bonchev–Trinajstić information content (AvgIpc) is 2.93. The van der Waals surface area contributed by atoms with Gasteiger partial charge in [-0.25, -0.2) is 0 Å². The SMILES string of the molecule is O=C(Cc1ccc2c(c1)CN(Cc1ccccc1)CC(=O)NCCCCCO2)NCCCN1CCOCC1. The number of carbonyl (C=O) groups excluding carboxylic acids is 2. The third-order valence-corrected chi connectivity index (χ3v) is 6.98. The molecule has 2 heterocycles. The van der Waals surface area contributed by atoms with Crippen molar-refractivity contribution in [2.75, 3.05) is 59.1 Å². The van der Waals surface area contributed by atoms with Crippen LogP contribution in [0, 0.1) is 0 Å². The van der Waals surface area contributed by atoms with Crippen molar-refractivity contribution in [3.8, 4) is 5.75 Å². The molecule has 2 N–H and O–H groups in total. The van der Waals surface area contributed by atoms with Gasteiger partial charge in [-0.1, -0.05) is 42.5 Å². The molecule has 2 aromatic carbocycles. The summed E-state index contributed by atoms with van der Waals surface area (Å²) in [6.45, 7) is 8.02. The van der Waals surface area contributed by atoms with Crippen molar-refractivity contribution >= 4 is 11.8 Å². The Morgan fingerprint density at radius 2 is 1.76 bits per heavy atom. The first-order valence-electron chi connectivity index (χ1n) is 14.0. The van der Waals surface area contributed by atoms with Crippen LogP contribution in [0.5, 0.6) is 5.75 Å². The number of nitrogens with one attached hydrogen (secondary N) is 2. The Morgan fingerprint density at radius 3 is 2.61 bits per heavy atom. The molecule has 206 valence electrons. The monoisotopic (exact) mass is 522 g/mol. The number of rotatable bonds is 8. The van der Waals surface area contributed by atoms with Crippen molar-refractivity contribution in [1.29, 1.82) is 0 Å². The summed E-state index contributed by atoms with van der Waals surface area (Å²) in [5.41, 5.74) is 3.11. The molecule has 8 nitrogen and oxygen atoms in total. The van der Waals surface area contributed by atoms with E-state index >= 15 is 0 Å². The van der Waals surface area contributed by atoms with E-state index in [1.165, 1.54) is 0 Å². The zero-order chi connectivity index (χ0) is 26.4. The molecule has 1 saturated heterocycles. The van der Waals surface area contributed by atoms with Crippen LogP contribution in [0.2, 0.25) is 0 Å². The van der Waals surface area contributed by atoms with Gasteiger partial charge in [-0.15, -0.1) is 0 Å². The summed E-state index contributed by atoms with van der Waals surface area (Å²) in [4.78, 5) is 29.9. The zero-order valence-corrected chi connectivity index (χ0v) is 22.5. The summed E-state index contributed by atoms with van der Waals surface area (Å²) in [6, 6.07) is 16.2. The van der Waals surface area contributed by atoms with E-state index in [1.807, 2.05) is 30.3 Å². The summed E-state index contributed by atoms with van der Waals surface area (Å²) in [6.07, 6.45) is 4.15. The number of benzene rings is 2. The Hall–Kier alpha value is -2.94. The van der Waals surface area contributed by atoms with Gasteiger partial charge in [0.2, 0.25) is 11.8 Å². The number of ether oxygens (including phenoxy) is 2. The van der Waals surface area contributed by atoms with E-state index in [-0.39, 0.29) is 11.8 Å². The van der Waals surface area contributed by atoms with Gasteiger partial charge in [0.1, 0.15) is 5.75 Å². The lowest BCUT2D eigenvalue weighted by Crippen LogP contribution is -2.38. The molecule has 8 heteroatoms. The summed E-state index contributed by atoms with van der Waals surface area (Å²) in [5, 5.41) is 6.13. The molecule has 0 unspecified atom stereocenters. The molecule has 4 rings (SSSR count). The highest BCUT2D eigenvalue weighted by Crippen LogP contribution is 2.24. The Morgan fingerprint density at radius 1 is 0.921 bits per heavy atom. The molecular formula is C30H42N4O4. The summed E-state index contributed by atoms with van der Waals surface area (Å²) in [5.74, 6) is 0.894. The molecule has 2 aromatic rings. The van der Waals surface area contributed by atoms with Gasteiger partial charge in [0.25, 0.3) is 0 Å². The molecular weight excluding hydrogens is 480 g/mol. The molecule has 0 spiro atoms. The number of amides is 2. The summed E-state index contributed by atoms with van der Waals surface area (Å²) < 4.78 is 11.6. The van der Waals surface area contributed by atoms with Gasteiger partial charge in [0, 0.05) is 44.8 Å². The Labute approximate surface area is 226 Å². The first kappa shape index (κ1) is 28.1. The van der Waals surface area contributed by atoms with Crippen LogP contribution in [-0.2, 0) is 33.8 Å². The van der Waals surface area contributed by atoms with Crippen molar-refractivity contribution in [2.24, 2.45) is 0 Å². The van der Waals surface area contributed by atoms with E-state index in [0.29, 0.717) is 45.8 Å². The van der Waals surface area contributed by atoms with E-state index < -0.39 is 0 Å². The molecule has 2 aliphatic rings. The number of hydrogen-bond donors (Lipinski definition) is 2. The molecule has 0 saturated carbocycles. The first-order valence-corrected chi connectivity index (χ1v) is 14.0. The molecule has 1 fully saturated rings. The van der Waals surface area contributed by atoms with Crippen molar-refractivity contribution < 1.29 is 19.1 Å². The average molecular weight is 523 g/mol. The summed E-state index contributed by atoms with van der Waals surface area (Å²) in [7, 11) is 0. The maximum absolute atomic E-state index is 12.7. The number of fused-ring (bicyclic) bond motifs is 1. The lowest BCUT2D eigenvalue weighted by molar-refractivity contribution is -0.122. The van der Waals surface area contributed by atoms with Gasteiger partial charge in [-0.3, -0.25) is 19.4 Å². The minimum atomic E-state index is 0.0259. The first-order chi connectivity index (χ1) is 18.7. The fourth-order valence-corrected chi connectivity index (χ4v) is 4.93. The minimum absolute atomic E-state index is 0.0259. The highest BCUT2D eigenvalue weighted by molar-refractivity contribution is 5.79. The minimum Gasteiger partial charge on any atom is -0.493 e. The van der Waals surface area contributed by atoms with Crippen LogP contribution in [-0.4, -0.2) is 80.7 Å². The van der Waals surface area contributed by atoms with E-state index in [1.54, 1.807) is 0 Å². The maximum atomic E-state index is 12.7. The van der Waals surface area contributed by atoms with Gasteiger partial charge in [-0.05, 0) is 49.4 Å². The number of hydrogen-bond acceptors (Lipinski definition) is 6. The van der Waals surface area contributed by atoms with Gasteiger partial charge in [0.05, 0.1) is 32.8 Å². The van der Waals surface area contributed by atoms with Crippen LogP contribution in [0.1, 0.15) is 42.4 Å². The Balaban J connectivity index is 1.40. The van der Waals surface area contributed by atoms with Crippen LogP contribution >= 0.6 is 0 Å². The number of nitrogens with zero attached hydrogens (tertiary/aromatic N) is 2. The predicted octanol–water partition coefficient (Wildman–Crippen LogP) is 2.75. The van der Waals surface area contributed by atoms with E-state index in [4.69, 9.17) is 9.47 Å². The molecule has 0 radical (unpaired) electrons. The number of carbonyl (C=O) groups is 2. The molecule has 38 heavy (non-hydrogen) atoms. The van der Waals surface area contributed by atoms with Crippen LogP contribution in [0.4, 0.5) is 0 Å². The van der Waals surface area contributed by atoms with E-state index in [9.17, 15) is 9.59 Å². The molecule has 0 bridgehead atoms. The normalized spacial score (nSPS) is 18.2. The van der Waals surface area contributed by atoms with Crippen LogP contribution in [0.25, 0.3) is 0 Å². The third-order valence-electron chi connectivity index (χ3n) is 6.98. The fourth-order valence-electron chi connectivity index (χ4n) is 4.93. The molecule has 0 aromatic heterocycles. The Kier molecular flexibility index (Phi) is 11.4. The predicted molar refractivity (Wildman–Crippen MR) is 148 cm³/mol. The molecule has 0 atom stereocenters. The summed E-state index contributed by atoms with van der Waals surface area (Å²) >= 11 is 0. The van der Waals surface area contributed by atoms with Crippen molar-refractivity contribution in [2.45, 2.75) is 45.2 Å². The standard InChI is InChI=1S/C30H42N4O4/c35-29(31-13-7-14-33-15-18-37-19-16-33)21-26-10-11-28-27(20-26)23-34(22-25-8-3-1-4-9-25)24-30(36)32-12-5-2-6-17-38-28/h1,3-4,8-11,20H,2,5-7,12-19,21-24H2,(H,31,35)(H,32,36). The third kappa shape index (κ3) is 9.74. The second-order valence-corrected chi connectivity index (χ2v) is 10.2. The molecule has 2 aliphatic heterocycles. The highest BCUT2D eigenvalue weighted by atomic mass is 16.5. The smallest absolute Gasteiger partial charge is 0.234 e. The van der Waals surface area contributed by atoms with Crippen LogP contribution in [0.15, 0.2) is 48.5 Å². The second-order valence-electron chi connectivity index (χ2n) is 10.2. The second kappa shape index (κ2) is 15.5. The lowest BCUT2D eigenvalue weighted by Gasteiger charge is -2.26.